The summed E-state index contributed by atoms with van der Waals surface area (Å²) in [6.45, 7) is 1.13. The lowest BCUT2D eigenvalue weighted by molar-refractivity contribution is 0.234. The van der Waals surface area contributed by atoms with Crippen LogP contribution in [0.15, 0.2) is 30.6 Å². The average Bonchev–Trinajstić information content (AvgIpc) is 3.01. The van der Waals surface area contributed by atoms with Gasteiger partial charge in [0.05, 0.1) is 11.7 Å². The van der Waals surface area contributed by atoms with Gasteiger partial charge in [0.2, 0.25) is 0 Å². The van der Waals surface area contributed by atoms with Crippen molar-refractivity contribution in [1.29, 1.82) is 0 Å². The van der Waals surface area contributed by atoms with Crippen molar-refractivity contribution in [1.82, 2.24) is 14.3 Å². The van der Waals surface area contributed by atoms with Crippen LogP contribution in [0.1, 0.15) is 31.0 Å². The molecule has 2 aliphatic rings. The molecular weight excluding hydrogens is 224 g/mol. The van der Waals surface area contributed by atoms with E-state index >= 15 is 0 Å². The molecule has 1 aliphatic carbocycles. The lowest BCUT2D eigenvalue weighted by Crippen LogP contribution is -2.33. The first kappa shape index (κ1) is 10.5. The Balaban J connectivity index is 1.75. The molecule has 2 aromatic heterocycles. The second kappa shape index (κ2) is 3.80. The van der Waals surface area contributed by atoms with Crippen molar-refractivity contribution in [2.45, 2.75) is 37.4 Å². The quantitative estimate of drug-likeness (QED) is 0.869. The topological polar surface area (TPSA) is 46.6 Å². The zero-order chi connectivity index (χ0) is 12.1. The maximum Gasteiger partial charge on any atom is 0.137 e. The van der Waals surface area contributed by atoms with Gasteiger partial charge in [0.25, 0.3) is 0 Å². The maximum absolute atomic E-state index is 6.30. The molecule has 2 aromatic rings. The van der Waals surface area contributed by atoms with Gasteiger partial charge in [0, 0.05) is 31.0 Å². The van der Waals surface area contributed by atoms with Crippen LogP contribution >= 0.6 is 0 Å². The first-order valence-corrected chi connectivity index (χ1v) is 6.78. The molecule has 4 nitrogen and oxygen atoms in total. The lowest BCUT2D eigenvalue weighted by atomic mass is 10.1. The SMILES string of the molecule is NC1CCN(C2CC2)C1c1cn2ccccc2n1. The minimum atomic E-state index is 0.232. The van der Waals surface area contributed by atoms with E-state index in [9.17, 15) is 0 Å². The van der Waals surface area contributed by atoms with Gasteiger partial charge < -0.3 is 10.1 Å². The maximum atomic E-state index is 6.30. The molecule has 2 atom stereocenters. The summed E-state index contributed by atoms with van der Waals surface area (Å²) in [6.07, 6.45) is 7.94. The van der Waals surface area contributed by atoms with Crippen molar-refractivity contribution in [3.63, 3.8) is 0 Å². The summed E-state index contributed by atoms with van der Waals surface area (Å²) in [7, 11) is 0. The fourth-order valence-corrected chi connectivity index (χ4v) is 3.14. The van der Waals surface area contributed by atoms with Crippen LogP contribution in [0.5, 0.6) is 0 Å². The minimum absolute atomic E-state index is 0.232. The van der Waals surface area contributed by atoms with Gasteiger partial charge in [-0.05, 0) is 31.4 Å². The van der Waals surface area contributed by atoms with E-state index in [2.05, 4.69) is 15.5 Å². The smallest absolute Gasteiger partial charge is 0.137 e. The Morgan fingerprint density at radius 3 is 2.89 bits per heavy atom. The van der Waals surface area contributed by atoms with Crippen molar-refractivity contribution in [3.8, 4) is 0 Å². The van der Waals surface area contributed by atoms with Gasteiger partial charge in [-0.25, -0.2) is 4.98 Å². The van der Waals surface area contributed by atoms with Gasteiger partial charge in [0.15, 0.2) is 0 Å². The number of pyridine rings is 1. The third-order valence-electron chi connectivity index (χ3n) is 4.19. The van der Waals surface area contributed by atoms with E-state index in [1.165, 1.54) is 12.8 Å². The fourth-order valence-electron chi connectivity index (χ4n) is 3.14. The van der Waals surface area contributed by atoms with E-state index in [1.807, 2.05) is 24.4 Å². The van der Waals surface area contributed by atoms with E-state index in [4.69, 9.17) is 10.7 Å². The molecule has 0 spiro atoms. The molecular formula is C14H18N4. The van der Waals surface area contributed by atoms with Crippen molar-refractivity contribution >= 4 is 5.65 Å². The number of aromatic nitrogens is 2. The van der Waals surface area contributed by atoms with Crippen LogP contribution in [0.3, 0.4) is 0 Å². The standard InChI is InChI=1S/C14H18N4/c15-11-6-8-18(10-4-5-10)14(11)12-9-17-7-2-1-3-13(17)16-12/h1-3,7,9-11,14H,4-6,8,15H2. The molecule has 2 N–H and O–H groups in total. The summed E-state index contributed by atoms with van der Waals surface area (Å²) in [6, 6.07) is 7.41. The minimum Gasteiger partial charge on any atom is -0.326 e. The van der Waals surface area contributed by atoms with Crippen LogP contribution in [0.25, 0.3) is 5.65 Å². The van der Waals surface area contributed by atoms with Crippen LogP contribution in [0.2, 0.25) is 0 Å². The van der Waals surface area contributed by atoms with Gasteiger partial charge in [-0.1, -0.05) is 6.07 Å². The summed E-state index contributed by atoms with van der Waals surface area (Å²) in [4.78, 5) is 7.31. The Labute approximate surface area is 106 Å². The van der Waals surface area contributed by atoms with Crippen molar-refractivity contribution in [2.24, 2.45) is 5.73 Å². The van der Waals surface area contributed by atoms with Crippen LogP contribution in [-0.4, -0.2) is 32.9 Å². The zero-order valence-electron chi connectivity index (χ0n) is 10.4. The Morgan fingerprint density at radius 2 is 2.11 bits per heavy atom. The molecule has 1 aliphatic heterocycles. The first-order valence-electron chi connectivity index (χ1n) is 6.78. The highest BCUT2D eigenvalue weighted by Gasteiger charge is 2.42. The highest BCUT2D eigenvalue weighted by molar-refractivity contribution is 5.40. The van der Waals surface area contributed by atoms with E-state index in [1.54, 1.807) is 0 Å². The van der Waals surface area contributed by atoms with Crippen LogP contribution in [0.4, 0.5) is 0 Å². The van der Waals surface area contributed by atoms with E-state index in [0.717, 1.165) is 30.3 Å². The molecule has 1 saturated carbocycles. The van der Waals surface area contributed by atoms with Crippen LogP contribution in [-0.2, 0) is 0 Å². The second-order valence-corrected chi connectivity index (χ2v) is 5.50. The number of rotatable bonds is 2. The molecule has 2 fully saturated rings. The van der Waals surface area contributed by atoms with E-state index in [0.29, 0.717) is 6.04 Å². The molecule has 0 aromatic carbocycles. The van der Waals surface area contributed by atoms with Crippen LogP contribution in [0, 0.1) is 0 Å². The van der Waals surface area contributed by atoms with Gasteiger partial charge >= 0.3 is 0 Å². The molecule has 1 saturated heterocycles. The largest absolute Gasteiger partial charge is 0.326 e. The fraction of sp³-hybridized carbons (Fsp3) is 0.500. The molecule has 0 radical (unpaired) electrons. The number of fused-ring (bicyclic) bond motifs is 1. The van der Waals surface area contributed by atoms with Crippen LogP contribution < -0.4 is 5.73 Å². The number of likely N-dealkylation sites (tertiary alicyclic amines) is 1. The molecule has 94 valence electrons. The third kappa shape index (κ3) is 1.56. The number of nitrogens with two attached hydrogens (primary N) is 1. The molecule has 4 heteroatoms. The normalized spacial score (nSPS) is 29.2. The Morgan fingerprint density at radius 1 is 1.22 bits per heavy atom. The molecule has 0 bridgehead atoms. The predicted octanol–water partition coefficient (Wildman–Crippen LogP) is 1.57. The number of hydrogen-bond donors (Lipinski definition) is 1. The molecule has 2 unspecified atom stereocenters. The highest BCUT2D eigenvalue weighted by Crippen LogP contribution is 2.39. The Bertz CT molecular complexity index is 539. The monoisotopic (exact) mass is 242 g/mol. The van der Waals surface area contributed by atoms with E-state index < -0.39 is 0 Å². The predicted molar refractivity (Wildman–Crippen MR) is 70.3 cm³/mol. The summed E-state index contributed by atoms with van der Waals surface area (Å²) >= 11 is 0. The Kier molecular flexibility index (Phi) is 2.22. The highest BCUT2D eigenvalue weighted by atomic mass is 15.3. The van der Waals surface area contributed by atoms with Crippen molar-refractivity contribution in [2.75, 3.05) is 6.54 Å². The number of nitrogens with zero attached hydrogens (tertiary/aromatic N) is 3. The van der Waals surface area contributed by atoms with Crippen molar-refractivity contribution < 1.29 is 0 Å². The first-order chi connectivity index (χ1) is 8.83. The summed E-state index contributed by atoms with van der Waals surface area (Å²) in [5, 5.41) is 0. The zero-order valence-corrected chi connectivity index (χ0v) is 10.4. The average molecular weight is 242 g/mol. The van der Waals surface area contributed by atoms with Crippen molar-refractivity contribution in [3.05, 3.63) is 36.3 Å². The summed E-state index contributed by atoms with van der Waals surface area (Å²) in [5.74, 6) is 0. The van der Waals surface area contributed by atoms with Gasteiger partial charge in [-0.2, -0.15) is 0 Å². The second-order valence-electron chi connectivity index (χ2n) is 5.50. The Hall–Kier alpha value is -1.39. The van der Waals surface area contributed by atoms with Gasteiger partial charge in [0.1, 0.15) is 5.65 Å². The molecule has 4 rings (SSSR count). The molecule has 0 amide bonds. The molecule has 3 heterocycles. The van der Waals surface area contributed by atoms with E-state index in [-0.39, 0.29) is 6.04 Å². The summed E-state index contributed by atoms with van der Waals surface area (Å²) in [5.41, 5.74) is 8.45. The summed E-state index contributed by atoms with van der Waals surface area (Å²) < 4.78 is 2.09. The third-order valence-corrected chi connectivity index (χ3v) is 4.19. The lowest BCUT2D eigenvalue weighted by Gasteiger charge is -2.24. The molecule has 18 heavy (non-hydrogen) atoms. The number of hydrogen-bond acceptors (Lipinski definition) is 3. The van der Waals surface area contributed by atoms with Gasteiger partial charge in [-0.15, -0.1) is 0 Å². The van der Waals surface area contributed by atoms with Gasteiger partial charge in [-0.3, -0.25) is 4.90 Å². The number of imidazole rings is 1.